The summed E-state index contributed by atoms with van der Waals surface area (Å²) in [5.74, 6) is 0.368. The lowest BCUT2D eigenvalue weighted by atomic mass is 10.3. The molecule has 0 aliphatic carbocycles. The molecule has 0 atom stereocenters. The third kappa shape index (κ3) is 3.96. The molecule has 0 fully saturated rings. The van der Waals surface area contributed by atoms with Crippen LogP contribution in [-0.2, 0) is 4.74 Å². The van der Waals surface area contributed by atoms with Crippen molar-refractivity contribution in [1.29, 1.82) is 5.26 Å². The number of nitrogens with zero attached hydrogens (tertiary/aromatic N) is 2. The van der Waals surface area contributed by atoms with Crippen molar-refractivity contribution < 1.29 is 19.4 Å². The molecule has 0 aromatic carbocycles. The monoisotopic (exact) mass is 237 g/mol. The third-order valence-electron chi connectivity index (χ3n) is 1.77. The van der Waals surface area contributed by atoms with Crippen molar-refractivity contribution in [3.8, 4) is 11.8 Å². The molecule has 2 N–H and O–H groups in total. The van der Waals surface area contributed by atoms with Gasteiger partial charge in [0.25, 0.3) is 0 Å². The summed E-state index contributed by atoms with van der Waals surface area (Å²) in [6, 6.07) is 3.25. The molecule has 0 aliphatic rings. The van der Waals surface area contributed by atoms with Crippen molar-refractivity contribution in [2.24, 2.45) is 0 Å². The number of rotatable bonds is 5. The van der Waals surface area contributed by atoms with E-state index in [9.17, 15) is 4.79 Å². The smallest absolute Gasteiger partial charge is 0.410 e. The molecule has 1 aromatic rings. The first kappa shape index (κ1) is 12.7. The van der Waals surface area contributed by atoms with Crippen molar-refractivity contribution in [3.05, 3.63) is 17.8 Å². The Morgan fingerprint density at radius 3 is 3.00 bits per heavy atom. The minimum absolute atomic E-state index is 0.101. The van der Waals surface area contributed by atoms with Gasteiger partial charge in [0.15, 0.2) is 0 Å². The summed E-state index contributed by atoms with van der Waals surface area (Å²) in [4.78, 5) is 14.2. The van der Waals surface area contributed by atoms with E-state index in [4.69, 9.17) is 19.8 Å². The van der Waals surface area contributed by atoms with Gasteiger partial charge in [-0.1, -0.05) is 0 Å². The highest BCUT2D eigenvalue weighted by molar-refractivity contribution is 5.81. The minimum atomic E-state index is -1.23. The Morgan fingerprint density at radius 2 is 2.41 bits per heavy atom. The van der Waals surface area contributed by atoms with Crippen LogP contribution < -0.4 is 10.1 Å². The van der Waals surface area contributed by atoms with Gasteiger partial charge in [0, 0.05) is 13.2 Å². The van der Waals surface area contributed by atoms with Crippen LogP contribution in [0.4, 0.5) is 10.6 Å². The Balaban J connectivity index is 2.83. The molecule has 7 heteroatoms. The van der Waals surface area contributed by atoms with E-state index >= 15 is 0 Å². The second-order valence-electron chi connectivity index (χ2n) is 2.95. The number of nitriles is 1. The van der Waals surface area contributed by atoms with Gasteiger partial charge in [-0.25, -0.2) is 9.78 Å². The molecule has 0 unspecified atom stereocenters. The molecule has 0 bridgehead atoms. The second kappa shape index (κ2) is 6.30. The standard InChI is InChI=1S/C10H11N3O4/c1-16-2-3-17-8-4-9(13-10(14)15)12-6-7(8)5-11/h4,6H,2-3H2,1H3,(H,12,13)(H,14,15). The number of amides is 1. The Kier molecular flexibility index (Phi) is 4.72. The zero-order chi connectivity index (χ0) is 12.7. The molecule has 1 heterocycles. The molecule has 0 saturated heterocycles. The van der Waals surface area contributed by atoms with Gasteiger partial charge in [-0.15, -0.1) is 0 Å². The number of aromatic nitrogens is 1. The summed E-state index contributed by atoms with van der Waals surface area (Å²) >= 11 is 0. The number of ether oxygens (including phenoxy) is 2. The van der Waals surface area contributed by atoms with Crippen LogP contribution in [0.2, 0.25) is 0 Å². The predicted molar refractivity (Wildman–Crippen MR) is 58.0 cm³/mol. The average molecular weight is 237 g/mol. The van der Waals surface area contributed by atoms with E-state index < -0.39 is 6.09 Å². The molecular weight excluding hydrogens is 226 g/mol. The molecule has 0 spiro atoms. The lowest BCUT2D eigenvalue weighted by molar-refractivity contribution is 0.146. The topological polar surface area (TPSA) is 104 Å². The number of hydrogen-bond donors (Lipinski definition) is 2. The maximum atomic E-state index is 10.4. The molecule has 17 heavy (non-hydrogen) atoms. The van der Waals surface area contributed by atoms with Gasteiger partial charge in [-0.3, -0.25) is 5.32 Å². The summed E-state index contributed by atoms with van der Waals surface area (Å²) < 4.78 is 10.1. The van der Waals surface area contributed by atoms with Gasteiger partial charge in [-0.05, 0) is 0 Å². The van der Waals surface area contributed by atoms with Crippen LogP contribution in [0.25, 0.3) is 0 Å². The molecule has 7 nitrogen and oxygen atoms in total. The first-order chi connectivity index (χ1) is 8.17. The summed E-state index contributed by atoms with van der Waals surface area (Å²) in [5, 5.41) is 19.4. The number of nitrogens with one attached hydrogen (secondary N) is 1. The number of anilines is 1. The largest absolute Gasteiger partial charge is 0.490 e. The first-order valence-corrected chi connectivity index (χ1v) is 4.69. The molecule has 1 rings (SSSR count). The predicted octanol–water partition coefficient (Wildman–Crippen LogP) is 1.07. The molecular formula is C10H11N3O4. The number of carbonyl (C=O) groups is 1. The van der Waals surface area contributed by atoms with Gasteiger partial charge >= 0.3 is 6.09 Å². The molecule has 0 aliphatic heterocycles. The lowest BCUT2D eigenvalue weighted by Crippen LogP contribution is -2.10. The van der Waals surface area contributed by atoms with E-state index in [0.29, 0.717) is 6.61 Å². The van der Waals surface area contributed by atoms with Crippen molar-refractivity contribution >= 4 is 11.9 Å². The number of methoxy groups -OCH3 is 1. The summed E-state index contributed by atoms with van der Waals surface area (Å²) in [5.41, 5.74) is 0.233. The van der Waals surface area contributed by atoms with Crippen LogP contribution in [0.3, 0.4) is 0 Å². The van der Waals surface area contributed by atoms with Gasteiger partial charge in [0.1, 0.15) is 29.8 Å². The van der Waals surface area contributed by atoms with Crippen LogP contribution in [0, 0.1) is 11.3 Å². The molecule has 0 radical (unpaired) electrons. The highest BCUT2D eigenvalue weighted by Crippen LogP contribution is 2.20. The van der Waals surface area contributed by atoms with Gasteiger partial charge in [0.2, 0.25) is 0 Å². The Labute approximate surface area is 97.6 Å². The van der Waals surface area contributed by atoms with E-state index in [1.54, 1.807) is 0 Å². The zero-order valence-corrected chi connectivity index (χ0v) is 9.14. The van der Waals surface area contributed by atoms with Gasteiger partial charge in [-0.2, -0.15) is 5.26 Å². The Bertz CT molecular complexity index is 442. The number of hydrogen-bond acceptors (Lipinski definition) is 5. The van der Waals surface area contributed by atoms with Crippen molar-refractivity contribution in [2.45, 2.75) is 0 Å². The Morgan fingerprint density at radius 1 is 1.65 bits per heavy atom. The van der Waals surface area contributed by atoms with E-state index in [1.807, 2.05) is 6.07 Å². The molecule has 1 aromatic heterocycles. The second-order valence-corrected chi connectivity index (χ2v) is 2.95. The van der Waals surface area contributed by atoms with Crippen LogP contribution in [0.15, 0.2) is 12.3 Å². The van der Waals surface area contributed by atoms with Gasteiger partial charge in [0.05, 0.1) is 12.8 Å². The van der Waals surface area contributed by atoms with Crippen LogP contribution >= 0.6 is 0 Å². The fraction of sp³-hybridized carbons (Fsp3) is 0.300. The summed E-state index contributed by atoms with van der Waals surface area (Å²) in [6.45, 7) is 0.636. The van der Waals surface area contributed by atoms with E-state index in [1.165, 1.54) is 19.4 Å². The van der Waals surface area contributed by atoms with Crippen molar-refractivity contribution in [1.82, 2.24) is 4.98 Å². The third-order valence-corrected chi connectivity index (χ3v) is 1.77. The van der Waals surface area contributed by atoms with Crippen molar-refractivity contribution in [2.75, 3.05) is 25.6 Å². The highest BCUT2D eigenvalue weighted by atomic mass is 16.5. The van der Waals surface area contributed by atoms with Crippen LogP contribution in [-0.4, -0.2) is 36.5 Å². The highest BCUT2D eigenvalue weighted by Gasteiger charge is 2.07. The molecule has 90 valence electrons. The van der Waals surface area contributed by atoms with Gasteiger partial charge < -0.3 is 14.6 Å². The van der Waals surface area contributed by atoms with Crippen LogP contribution in [0.1, 0.15) is 5.56 Å². The first-order valence-electron chi connectivity index (χ1n) is 4.69. The maximum Gasteiger partial charge on any atom is 0.410 e. The van der Waals surface area contributed by atoms with E-state index in [0.717, 1.165) is 0 Å². The SMILES string of the molecule is COCCOc1cc(NC(=O)O)ncc1C#N. The van der Waals surface area contributed by atoms with Crippen LogP contribution in [0.5, 0.6) is 5.75 Å². The fourth-order valence-corrected chi connectivity index (χ4v) is 1.05. The maximum absolute atomic E-state index is 10.4. The molecule has 0 saturated carbocycles. The Hall–Kier alpha value is -2.33. The molecule has 1 amide bonds. The quantitative estimate of drug-likeness (QED) is 0.742. The van der Waals surface area contributed by atoms with E-state index in [-0.39, 0.29) is 23.7 Å². The minimum Gasteiger partial charge on any atom is -0.490 e. The number of pyridine rings is 1. The van der Waals surface area contributed by atoms with Crippen molar-refractivity contribution in [3.63, 3.8) is 0 Å². The summed E-state index contributed by atoms with van der Waals surface area (Å²) in [7, 11) is 1.53. The lowest BCUT2D eigenvalue weighted by Gasteiger charge is -2.08. The normalized spacial score (nSPS) is 9.41. The summed E-state index contributed by atoms with van der Waals surface area (Å²) in [6.07, 6.45) is 0.0120. The average Bonchev–Trinajstić information content (AvgIpc) is 2.29. The zero-order valence-electron chi connectivity index (χ0n) is 9.14. The van der Waals surface area contributed by atoms with E-state index in [2.05, 4.69) is 10.3 Å². The fourth-order valence-electron chi connectivity index (χ4n) is 1.05. The number of carboxylic acid groups (broad SMARTS) is 1.